The standard InChI is InChI=1S/C44H38N2/c1-3-17-37(18-4-1)45(43-23-11-15-35-13-7-9-21-41(35)43)39-29-25-33(26-30-39)34-27-31-40(32-28-34)46(38-19-5-2-6-20-38)44-24-12-16-36-14-8-10-22-42(36)44/h1-5,8-12,14-19,21-22,24-32,43H,6-7,13,20,23H2. The van der Waals surface area contributed by atoms with Gasteiger partial charge in [-0.1, -0.05) is 115 Å². The highest BCUT2D eigenvalue weighted by Crippen LogP contribution is 2.40. The maximum atomic E-state index is 2.52. The molecule has 0 aliphatic heterocycles. The highest BCUT2D eigenvalue weighted by molar-refractivity contribution is 5.97. The van der Waals surface area contributed by atoms with Crippen molar-refractivity contribution in [3.63, 3.8) is 0 Å². The van der Waals surface area contributed by atoms with Crippen molar-refractivity contribution in [2.75, 3.05) is 9.80 Å². The number of hydrogen-bond acceptors (Lipinski definition) is 2. The Balaban J connectivity index is 1.12. The fourth-order valence-electron chi connectivity index (χ4n) is 7.27. The highest BCUT2D eigenvalue weighted by atomic mass is 15.2. The maximum absolute atomic E-state index is 2.52. The van der Waals surface area contributed by atoms with Crippen LogP contribution in [0.5, 0.6) is 0 Å². The van der Waals surface area contributed by atoms with Gasteiger partial charge in [0.05, 0.1) is 11.7 Å². The lowest BCUT2D eigenvalue weighted by atomic mass is 9.85. The van der Waals surface area contributed by atoms with Gasteiger partial charge in [-0.15, -0.1) is 0 Å². The monoisotopic (exact) mass is 594 g/mol. The molecular weight excluding hydrogens is 556 g/mol. The van der Waals surface area contributed by atoms with Crippen molar-refractivity contribution in [1.82, 2.24) is 0 Å². The van der Waals surface area contributed by atoms with E-state index in [1.807, 2.05) is 0 Å². The first-order valence-electron chi connectivity index (χ1n) is 16.6. The van der Waals surface area contributed by atoms with E-state index in [4.69, 9.17) is 0 Å². The van der Waals surface area contributed by atoms with E-state index in [0.717, 1.165) is 32.1 Å². The van der Waals surface area contributed by atoms with Crippen LogP contribution in [0.3, 0.4) is 0 Å². The molecule has 5 aromatic rings. The number of fused-ring (bicyclic) bond motifs is 1. The third-order valence-corrected chi connectivity index (χ3v) is 9.52. The molecule has 2 heteroatoms. The highest BCUT2D eigenvalue weighted by Gasteiger charge is 2.27. The molecule has 0 heterocycles. The van der Waals surface area contributed by atoms with Gasteiger partial charge in [0.25, 0.3) is 0 Å². The summed E-state index contributed by atoms with van der Waals surface area (Å²) in [5, 5.41) is 2.53. The fraction of sp³-hybridized carbons (Fsp3) is 0.136. The second kappa shape index (κ2) is 12.6. The number of anilines is 4. The Bertz CT molecular complexity index is 2000. The van der Waals surface area contributed by atoms with Crippen molar-refractivity contribution in [2.24, 2.45) is 0 Å². The van der Waals surface area contributed by atoms with Crippen LogP contribution in [0, 0.1) is 0 Å². The Morgan fingerprint density at radius 2 is 1.24 bits per heavy atom. The van der Waals surface area contributed by atoms with Crippen LogP contribution in [-0.2, 0) is 0 Å². The van der Waals surface area contributed by atoms with Crippen molar-refractivity contribution >= 4 is 33.5 Å². The van der Waals surface area contributed by atoms with E-state index < -0.39 is 0 Å². The predicted octanol–water partition coefficient (Wildman–Crippen LogP) is 12.0. The summed E-state index contributed by atoms with van der Waals surface area (Å²) in [7, 11) is 0. The van der Waals surface area contributed by atoms with Crippen molar-refractivity contribution in [3.05, 3.63) is 181 Å². The van der Waals surface area contributed by atoms with Crippen LogP contribution in [0.25, 0.3) is 21.9 Å². The molecule has 46 heavy (non-hydrogen) atoms. The quantitative estimate of drug-likeness (QED) is 0.185. The second-order valence-corrected chi connectivity index (χ2v) is 12.3. The van der Waals surface area contributed by atoms with Gasteiger partial charge in [-0.3, -0.25) is 0 Å². The summed E-state index contributed by atoms with van der Waals surface area (Å²) in [6.07, 6.45) is 21.4. The smallest absolute Gasteiger partial charge is 0.0628 e. The van der Waals surface area contributed by atoms with Gasteiger partial charge in [0.2, 0.25) is 0 Å². The van der Waals surface area contributed by atoms with Gasteiger partial charge in [-0.2, -0.15) is 0 Å². The summed E-state index contributed by atoms with van der Waals surface area (Å²) in [6, 6.07) is 44.7. The molecule has 0 N–H and O–H groups in total. The molecular formula is C44H38N2. The number of rotatable bonds is 7. The predicted molar refractivity (Wildman–Crippen MR) is 196 cm³/mol. The summed E-state index contributed by atoms with van der Waals surface area (Å²) >= 11 is 0. The summed E-state index contributed by atoms with van der Waals surface area (Å²) in [5.41, 5.74) is 11.6. The number of benzene rings is 5. The van der Waals surface area contributed by atoms with E-state index in [-0.39, 0.29) is 6.04 Å². The summed E-state index contributed by atoms with van der Waals surface area (Å²) in [5.74, 6) is 0. The van der Waals surface area contributed by atoms with Crippen LogP contribution in [0.15, 0.2) is 181 Å². The van der Waals surface area contributed by atoms with Gasteiger partial charge in [0.15, 0.2) is 0 Å². The average molecular weight is 595 g/mol. The number of hydrogen-bond donors (Lipinski definition) is 0. The number of nitrogens with zero attached hydrogens (tertiary/aromatic N) is 2. The zero-order valence-electron chi connectivity index (χ0n) is 26.1. The molecule has 0 saturated heterocycles. The van der Waals surface area contributed by atoms with E-state index in [9.17, 15) is 0 Å². The largest absolute Gasteiger partial charge is 0.334 e. The van der Waals surface area contributed by atoms with Crippen LogP contribution < -0.4 is 9.80 Å². The summed E-state index contributed by atoms with van der Waals surface area (Å²) < 4.78 is 0. The van der Waals surface area contributed by atoms with Gasteiger partial charge in [-0.05, 0) is 108 Å². The minimum atomic E-state index is 0.285. The third-order valence-electron chi connectivity index (χ3n) is 9.52. The Labute approximate surface area is 272 Å². The van der Waals surface area contributed by atoms with Gasteiger partial charge in [-0.25, -0.2) is 0 Å². The zero-order chi connectivity index (χ0) is 30.7. The maximum Gasteiger partial charge on any atom is 0.0628 e. The van der Waals surface area contributed by atoms with Crippen LogP contribution in [0.2, 0.25) is 0 Å². The lowest BCUT2D eigenvalue weighted by molar-refractivity contribution is 0.731. The van der Waals surface area contributed by atoms with E-state index in [0.29, 0.717) is 0 Å². The molecule has 3 aliphatic rings. The molecule has 0 saturated carbocycles. The fourth-order valence-corrected chi connectivity index (χ4v) is 7.27. The van der Waals surface area contributed by atoms with Gasteiger partial charge < -0.3 is 9.80 Å². The molecule has 8 rings (SSSR count). The molecule has 3 aliphatic carbocycles. The van der Waals surface area contributed by atoms with Crippen molar-refractivity contribution in [1.29, 1.82) is 0 Å². The number of allylic oxidation sites excluding steroid dienone is 7. The molecule has 224 valence electrons. The molecule has 0 radical (unpaired) electrons. The Morgan fingerprint density at radius 3 is 2.02 bits per heavy atom. The molecule has 2 nitrogen and oxygen atoms in total. The van der Waals surface area contributed by atoms with E-state index in [2.05, 4.69) is 174 Å². The van der Waals surface area contributed by atoms with E-state index in [1.165, 1.54) is 61.5 Å². The first-order valence-corrected chi connectivity index (χ1v) is 16.6. The lowest BCUT2D eigenvalue weighted by Crippen LogP contribution is -2.34. The molecule has 0 spiro atoms. The summed E-state index contributed by atoms with van der Waals surface area (Å²) in [4.78, 5) is 4.97. The molecule has 1 unspecified atom stereocenters. The molecule has 1 atom stereocenters. The van der Waals surface area contributed by atoms with Crippen LogP contribution in [-0.4, -0.2) is 6.04 Å². The van der Waals surface area contributed by atoms with E-state index in [1.54, 1.807) is 0 Å². The molecule has 0 bridgehead atoms. The van der Waals surface area contributed by atoms with Crippen molar-refractivity contribution in [2.45, 2.75) is 38.1 Å². The molecule has 5 aromatic carbocycles. The SMILES string of the molecule is C1=CCCC(N(c2ccc(-c3ccc(N(c4ccccc4)C4CC=CC5=C4C=CCC5)cc3)cc2)c2cccc3ccccc23)=C1. The zero-order valence-corrected chi connectivity index (χ0v) is 26.1. The topological polar surface area (TPSA) is 6.48 Å². The first-order chi connectivity index (χ1) is 22.8. The normalized spacial score (nSPS) is 17.1. The molecule has 0 amide bonds. The third kappa shape index (κ3) is 5.41. The van der Waals surface area contributed by atoms with Crippen molar-refractivity contribution in [3.8, 4) is 11.1 Å². The Morgan fingerprint density at radius 1 is 0.543 bits per heavy atom. The second-order valence-electron chi connectivity index (χ2n) is 12.3. The van der Waals surface area contributed by atoms with Gasteiger partial charge in [0, 0.05) is 28.1 Å². The average Bonchev–Trinajstić information content (AvgIpc) is 3.14. The van der Waals surface area contributed by atoms with Crippen LogP contribution in [0.1, 0.15) is 32.1 Å². The van der Waals surface area contributed by atoms with Gasteiger partial charge in [0.1, 0.15) is 0 Å². The first kappa shape index (κ1) is 28.2. The minimum Gasteiger partial charge on any atom is -0.334 e. The van der Waals surface area contributed by atoms with Crippen molar-refractivity contribution < 1.29 is 0 Å². The summed E-state index contributed by atoms with van der Waals surface area (Å²) in [6.45, 7) is 0. The van der Waals surface area contributed by atoms with E-state index >= 15 is 0 Å². The van der Waals surface area contributed by atoms with Crippen LogP contribution in [0.4, 0.5) is 22.7 Å². The Kier molecular flexibility index (Phi) is 7.70. The minimum absolute atomic E-state index is 0.285. The number of para-hydroxylation sites is 1. The Hall–Kier alpha value is -5.34. The molecule has 0 fully saturated rings. The van der Waals surface area contributed by atoms with Gasteiger partial charge >= 0.3 is 0 Å². The lowest BCUT2D eigenvalue weighted by Gasteiger charge is -2.37. The molecule has 0 aromatic heterocycles. The van der Waals surface area contributed by atoms with Crippen LogP contribution >= 0.6 is 0 Å².